The molecule has 4 heterocycles. The smallest absolute Gasteiger partial charge is 0.239 e. The SMILES string of the molecule is [B]C([B])([B])N1CCN(CC(=O)Nc2cc3cc(-c4cnn(C)c4)cnc3cn2)CC1. The molecule has 146 valence electrons. The maximum atomic E-state index is 12.5. The predicted molar refractivity (Wildman–Crippen MR) is 118 cm³/mol. The molecular formula is C19H20B3N7O. The van der Waals surface area contributed by atoms with Crippen LogP contribution >= 0.6 is 0 Å². The number of aromatic nitrogens is 4. The molecule has 0 saturated carbocycles. The van der Waals surface area contributed by atoms with Crippen LogP contribution in [0.15, 0.2) is 36.9 Å². The zero-order valence-electron chi connectivity index (χ0n) is 16.8. The van der Waals surface area contributed by atoms with Gasteiger partial charge in [-0.25, -0.2) is 4.98 Å². The van der Waals surface area contributed by atoms with Crippen molar-refractivity contribution in [1.82, 2.24) is 29.5 Å². The summed E-state index contributed by atoms with van der Waals surface area (Å²) in [5, 5.41) is 6.62. The first-order valence-electron chi connectivity index (χ1n) is 9.67. The minimum Gasteiger partial charge on any atom is -0.320 e. The molecule has 3 aromatic heterocycles. The van der Waals surface area contributed by atoms with E-state index in [-0.39, 0.29) is 12.5 Å². The first-order valence-corrected chi connectivity index (χ1v) is 9.67. The van der Waals surface area contributed by atoms with E-state index < -0.39 is 5.24 Å². The van der Waals surface area contributed by atoms with Crippen LogP contribution in [-0.2, 0) is 11.8 Å². The molecule has 1 fully saturated rings. The lowest BCUT2D eigenvalue weighted by Gasteiger charge is -2.43. The Kier molecular flexibility index (Phi) is 5.66. The minimum absolute atomic E-state index is 0.133. The van der Waals surface area contributed by atoms with Crippen LogP contribution < -0.4 is 5.32 Å². The summed E-state index contributed by atoms with van der Waals surface area (Å²) in [5.41, 5.74) is 2.68. The second kappa shape index (κ2) is 8.24. The number of carbonyl (C=O) groups is 1. The molecule has 6 radical (unpaired) electrons. The third kappa shape index (κ3) is 4.74. The van der Waals surface area contributed by atoms with Gasteiger partial charge in [0, 0.05) is 62.1 Å². The lowest BCUT2D eigenvalue weighted by atomic mass is 9.48. The van der Waals surface area contributed by atoms with Gasteiger partial charge in [0.05, 0.1) is 48.0 Å². The van der Waals surface area contributed by atoms with Crippen LogP contribution in [0, 0.1) is 0 Å². The van der Waals surface area contributed by atoms with E-state index in [0.29, 0.717) is 32.0 Å². The number of pyridine rings is 2. The van der Waals surface area contributed by atoms with Crippen molar-refractivity contribution in [2.75, 3.05) is 38.0 Å². The predicted octanol–water partition coefficient (Wildman–Crippen LogP) is -0.297. The van der Waals surface area contributed by atoms with Crippen molar-refractivity contribution in [3.63, 3.8) is 0 Å². The van der Waals surface area contributed by atoms with Gasteiger partial charge in [0.2, 0.25) is 5.91 Å². The van der Waals surface area contributed by atoms with Gasteiger partial charge in [-0.2, -0.15) is 5.10 Å². The van der Waals surface area contributed by atoms with Crippen molar-refractivity contribution in [2.45, 2.75) is 5.24 Å². The molecular weight excluding hydrogens is 375 g/mol. The van der Waals surface area contributed by atoms with Crippen LogP contribution in [0.1, 0.15) is 0 Å². The number of aryl methyl sites for hydroxylation is 1. The van der Waals surface area contributed by atoms with Crippen LogP contribution in [0.2, 0.25) is 0 Å². The maximum Gasteiger partial charge on any atom is 0.239 e. The van der Waals surface area contributed by atoms with Crippen molar-refractivity contribution >= 4 is 46.2 Å². The van der Waals surface area contributed by atoms with Gasteiger partial charge < -0.3 is 10.2 Å². The Hall–Kier alpha value is -2.65. The molecule has 30 heavy (non-hydrogen) atoms. The van der Waals surface area contributed by atoms with Gasteiger partial charge in [0.25, 0.3) is 0 Å². The highest BCUT2D eigenvalue weighted by molar-refractivity contribution is 6.59. The van der Waals surface area contributed by atoms with Crippen molar-refractivity contribution < 1.29 is 4.79 Å². The zero-order chi connectivity index (χ0) is 21.3. The number of carbonyl (C=O) groups excluding carboxylic acids is 1. The van der Waals surface area contributed by atoms with Crippen molar-refractivity contribution in [3.8, 4) is 11.1 Å². The second-order valence-corrected chi connectivity index (χ2v) is 7.59. The summed E-state index contributed by atoms with van der Waals surface area (Å²) >= 11 is 0. The van der Waals surface area contributed by atoms with Gasteiger partial charge in [0.15, 0.2) is 0 Å². The molecule has 3 aromatic rings. The average Bonchev–Trinajstić information content (AvgIpc) is 3.13. The largest absolute Gasteiger partial charge is 0.320 e. The van der Waals surface area contributed by atoms with Gasteiger partial charge in [-0.15, -0.1) is 0 Å². The molecule has 4 rings (SSSR count). The number of rotatable bonds is 5. The lowest BCUT2D eigenvalue weighted by Crippen LogP contribution is -2.59. The molecule has 1 aliphatic heterocycles. The molecule has 0 aliphatic carbocycles. The number of fused-ring (bicyclic) bond motifs is 1. The highest BCUT2D eigenvalue weighted by Gasteiger charge is 2.25. The summed E-state index contributed by atoms with van der Waals surface area (Å²) in [6.07, 6.45) is 7.16. The van der Waals surface area contributed by atoms with Gasteiger partial charge in [-0.1, -0.05) is 5.24 Å². The van der Waals surface area contributed by atoms with Gasteiger partial charge in [-0.3, -0.25) is 19.4 Å². The molecule has 1 amide bonds. The first-order chi connectivity index (χ1) is 14.3. The minimum atomic E-state index is -1.33. The van der Waals surface area contributed by atoms with Gasteiger partial charge in [0.1, 0.15) is 5.82 Å². The third-order valence-corrected chi connectivity index (χ3v) is 5.16. The Bertz CT molecular complexity index is 1060. The second-order valence-electron chi connectivity index (χ2n) is 7.59. The highest BCUT2D eigenvalue weighted by atomic mass is 16.2. The zero-order valence-corrected chi connectivity index (χ0v) is 16.8. The Morgan fingerprint density at radius 1 is 1.07 bits per heavy atom. The number of hydrogen-bond acceptors (Lipinski definition) is 6. The summed E-state index contributed by atoms with van der Waals surface area (Å²) in [6.45, 7) is 2.78. The van der Waals surface area contributed by atoms with Crippen molar-refractivity contribution in [2.24, 2.45) is 7.05 Å². The quantitative estimate of drug-likeness (QED) is 0.599. The number of nitrogens with zero attached hydrogens (tertiary/aromatic N) is 6. The topological polar surface area (TPSA) is 79.2 Å². The number of amides is 1. The molecule has 0 atom stereocenters. The van der Waals surface area contributed by atoms with E-state index in [1.165, 1.54) is 0 Å². The number of hydrogen-bond donors (Lipinski definition) is 1. The van der Waals surface area contributed by atoms with E-state index in [2.05, 4.69) is 20.4 Å². The van der Waals surface area contributed by atoms with Crippen molar-refractivity contribution in [3.05, 3.63) is 36.9 Å². The number of anilines is 1. The monoisotopic (exact) mass is 395 g/mol. The molecule has 1 N–H and O–H groups in total. The first kappa shape index (κ1) is 20.6. The molecule has 8 nitrogen and oxygen atoms in total. The summed E-state index contributed by atoms with van der Waals surface area (Å²) < 4.78 is 1.74. The van der Waals surface area contributed by atoms with E-state index in [0.717, 1.165) is 22.0 Å². The number of nitrogens with one attached hydrogen (secondary N) is 1. The Morgan fingerprint density at radius 2 is 1.83 bits per heavy atom. The molecule has 1 saturated heterocycles. The average molecular weight is 395 g/mol. The standard InChI is InChI=1S/C19H20B3N7O/c1-27-11-15(9-25-27)14-6-13-7-17(24-10-16(13)23-8-14)26-18(30)12-28-2-4-29(5-3-28)19(20,21)22/h6-11H,2-5,12H2,1H3,(H,24,26,30). The number of piperazine rings is 1. The molecule has 11 heteroatoms. The fraction of sp³-hybridized carbons (Fsp3) is 0.368. The maximum absolute atomic E-state index is 12.5. The van der Waals surface area contributed by atoms with Gasteiger partial charge >= 0.3 is 0 Å². The Balaban J connectivity index is 1.40. The third-order valence-electron chi connectivity index (χ3n) is 5.16. The van der Waals surface area contributed by atoms with E-state index in [9.17, 15) is 4.79 Å². The molecule has 1 aliphatic rings. The fourth-order valence-electron chi connectivity index (χ4n) is 3.51. The Labute approximate surface area is 179 Å². The molecule has 0 aromatic carbocycles. The Morgan fingerprint density at radius 3 is 2.50 bits per heavy atom. The normalized spacial score (nSPS) is 16.0. The lowest BCUT2D eigenvalue weighted by molar-refractivity contribution is -0.117. The summed E-state index contributed by atoms with van der Waals surface area (Å²) in [4.78, 5) is 25.1. The van der Waals surface area contributed by atoms with E-state index in [4.69, 9.17) is 23.5 Å². The van der Waals surface area contributed by atoms with Crippen LogP contribution in [0.4, 0.5) is 5.82 Å². The fourth-order valence-corrected chi connectivity index (χ4v) is 3.51. The summed E-state index contributed by atoms with van der Waals surface area (Å²) in [7, 11) is 19.0. The van der Waals surface area contributed by atoms with Crippen molar-refractivity contribution in [1.29, 1.82) is 0 Å². The van der Waals surface area contributed by atoms with Gasteiger partial charge in [-0.05, 0) is 12.1 Å². The summed E-state index contributed by atoms with van der Waals surface area (Å²) in [6, 6.07) is 3.83. The summed E-state index contributed by atoms with van der Waals surface area (Å²) in [5.74, 6) is 0.354. The van der Waals surface area contributed by atoms with E-state index in [1.807, 2.05) is 30.3 Å². The van der Waals surface area contributed by atoms with E-state index >= 15 is 0 Å². The van der Waals surface area contributed by atoms with Crippen LogP contribution in [-0.4, -0.2) is 97.0 Å². The molecule has 0 spiro atoms. The van der Waals surface area contributed by atoms with E-state index in [1.54, 1.807) is 28.2 Å². The van der Waals surface area contributed by atoms with Crippen LogP contribution in [0.25, 0.3) is 22.0 Å². The van der Waals surface area contributed by atoms with Crippen LogP contribution in [0.5, 0.6) is 0 Å². The van der Waals surface area contributed by atoms with Crippen LogP contribution in [0.3, 0.4) is 0 Å². The highest BCUT2D eigenvalue weighted by Crippen LogP contribution is 2.23. The molecule has 0 unspecified atom stereocenters. The molecule has 0 bridgehead atoms.